The van der Waals surface area contributed by atoms with Crippen LogP contribution in [0, 0.1) is 5.92 Å². The van der Waals surface area contributed by atoms with Gasteiger partial charge in [-0.2, -0.15) is 0 Å². The van der Waals surface area contributed by atoms with Crippen LogP contribution in [0.5, 0.6) is 0 Å². The van der Waals surface area contributed by atoms with Gasteiger partial charge in [0.2, 0.25) is 5.91 Å². The number of hydrogen-bond donors (Lipinski definition) is 2. The molecule has 0 radical (unpaired) electrons. The topological polar surface area (TPSA) is 41.1 Å². The van der Waals surface area contributed by atoms with Crippen molar-refractivity contribution < 1.29 is 4.79 Å². The Morgan fingerprint density at radius 3 is 2.47 bits per heavy atom. The van der Waals surface area contributed by atoms with Crippen LogP contribution >= 0.6 is 0 Å². The Morgan fingerprint density at radius 2 is 1.95 bits per heavy atom. The molecule has 2 aliphatic rings. The first kappa shape index (κ1) is 14.8. The van der Waals surface area contributed by atoms with Crippen LogP contribution in [-0.2, 0) is 4.79 Å². The smallest absolute Gasteiger partial charge is 0.222 e. The predicted octanol–water partition coefficient (Wildman–Crippen LogP) is 2.99. The fourth-order valence-corrected chi connectivity index (χ4v) is 3.41. The van der Waals surface area contributed by atoms with Crippen molar-refractivity contribution in [2.75, 3.05) is 7.05 Å². The van der Waals surface area contributed by atoms with Crippen LogP contribution < -0.4 is 10.6 Å². The van der Waals surface area contributed by atoms with Gasteiger partial charge < -0.3 is 10.6 Å². The van der Waals surface area contributed by atoms with E-state index in [1.54, 1.807) is 0 Å². The average molecular weight is 266 g/mol. The molecule has 1 atom stereocenters. The van der Waals surface area contributed by atoms with Gasteiger partial charge in [0.05, 0.1) is 0 Å². The molecule has 3 nitrogen and oxygen atoms in total. The van der Waals surface area contributed by atoms with Crippen LogP contribution in [-0.4, -0.2) is 24.5 Å². The highest BCUT2D eigenvalue weighted by Crippen LogP contribution is 2.34. The number of rotatable bonds is 7. The van der Waals surface area contributed by atoms with Gasteiger partial charge in [0.15, 0.2) is 0 Å². The molecule has 0 aliphatic heterocycles. The van der Waals surface area contributed by atoms with Crippen molar-refractivity contribution in [3.05, 3.63) is 0 Å². The minimum Gasteiger partial charge on any atom is -0.353 e. The van der Waals surface area contributed by atoms with Gasteiger partial charge in [-0.15, -0.1) is 0 Å². The molecule has 1 unspecified atom stereocenters. The second-order valence-electron chi connectivity index (χ2n) is 6.62. The Bertz CT molecular complexity index is 293. The van der Waals surface area contributed by atoms with Crippen LogP contribution in [0.3, 0.4) is 0 Å². The largest absolute Gasteiger partial charge is 0.353 e. The Kier molecular flexibility index (Phi) is 5.26. The molecule has 0 aromatic heterocycles. The zero-order valence-electron chi connectivity index (χ0n) is 12.6. The van der Waals surface area contributed by atoms with Crippen LogP contribution in [0.2, 0.25) is 0 Å². The molecule has 2 saturated carbocycles. The third kappa shape index (κ3) is 4.48. The first-order chi connectivity index (χ1) is 9.17. The van der Waals surface area contributed by atoms with E-state index in [2.05, 4.69) is 17.6 Å². The summed E-state index contributed by atoms with van der Waals surface area (Å²) in [6.07, 6.45) is 11.8. The summed E-state index contributed by atoms with van der Waals surface area (Å²) in [5.41, 5.74) is 0.0696. The molecular formula is C16H30N2O. The Hall–Kier alpha value is -0.570. The van der Waals surface area contributed by atoms with E-state index in [9.17, 15) is 4.79 Å². The molecule has 2 aliphatic carbocycles. The number of amides is 1. The first-order valence-corrected chi connectivity index (χ1v) is 8.16. The summed E-state index contributed by atoms with van der Waals surface area (Å²) in [5.74, 6) is 1.14. The monoisotopic (exact) mass is 266 g/mol. The molecule has 2 fully saturated rings. The van der Waals surface area contributed by atoms with Gasteiger partial charge in [0, 0.05) is 18.0 Å². The first-order valence-electron chi connectivity index (χ1n) is 8.16. The molecule has 110 valence electrons. The SMILES string of the molecule is CCC(CC1CC1)NC(=O)CC1(NC)CCCCC1. The third-order valence-electron chi connectivity index (χ3n) is 5.01. The van der Waals surface area contributed by atoms with Crippen molar-refractivity contribution in [2.45, 2.75) is 82.7 Å². The quantitative estimate of drug-likeness (QED) is 0.744. The molecule has 0 spiro atoms. The van der Waals surface area contributed by atoms with Crippen molar-refractivity contribution >= 4 is 5.91 Å². The van der Waals surface area contributed by atoms with Crippen LogP contribution in [0.1, 0.15) is 71.1 Å². The second-order valence-corrected chi connectivity index (χ2v) is 6.62. The highest BCUT2D eigenvalue weighted by molar-refractivity contribution is 5.77. The predicted molar refractivity (Wildman–Crippen MR) is 79.1 cm³/mol. The molecule has 19 heavy (non-hydrogen) atoms. The van der Waals surface area contributed by atoms with E-state index < -0.39 is 0 Å². The molecule has 2 rings (SSSR count). The van der Waals surface area contributed by atoms with Gasteiger partial charge in [-0.1, -0.05) is 39.0 Å². The summed E-state index contributed by atoms with van der Waals surface area (Å²) >= 11 is 0. The summed E-state index contributed by atoms with van der Waals surface area (Å²) < 4.78 is 0. The number of carbonyl (C=O) groups excluding carboxylic acids is 1. The fraction of sp³-hybridized carbons (Fsp3) is 0.938. The lowest BCUT2D eigenvalue weighted by atomic mass is 9.79. The van der Waals surface area contributed by atoms with E-state index in [1.165, 1.54) is 38.5 Å². The molecule has 3 heteroatoms. The zero-order valence-corrected chi connectivity index (χ0v) is 12.6. The molecule has 0 heterocycles. The maximum absolute atomic E-state index is 12.3. The van der Waals surface area contributed by atoms with Gasteiger partial charge in [-0.05, 0) is 38.6 Å². The maximum atomic E-state index is 12.3. The molecule has 0 aromatic rings. The maximum Gasteiger partial charge on any atom is 0.222 e. The van der Waals surface area contributed by atoms with Crippen LogP contribution in [0.15, 0.2) is 0 Å². The van der Waals surface area contributed by atoms with E-state index in [4.69, 9.17) is 0 Å². The summed E-state index contributed by atoms with van der Waals surface area (Å²) in [4.78, 5) is 12.3. The lowest BCUT2D eigenvalue weighted by molar-refractivity contribution is -0.123. The fourth-order valence-electron chi connectivity index (χ4n) is 3.41. The van der Waals surface area contributed by atoms with E-state index in [-0.39, 0.29) is 11.4 Å². The summed E-state index contributed by atoms with van der Waals surface area (Å²) in [7, 11) is 2.01. The number of hydrogen-bond acceptors (Lipinski definition) is 2. The molecular weight excluding hydrogens is 236 g/mol. The molecule has 0 saturated heterocycles. The standard InChI is InChI=1S/C16H30N2O/c1-3-14(11-13-7-8-13)18-15(19)12-16(17-2)9-5-4-6-10-16/h13-14,17H,3-12H2,1-2H3,(H,18,19). The van der Waals surface area contributed by atoms with Crippen molar-refractivity contribution in [3.8, 4) is 0 Å². The van der Waals surface area contributed by atoms with Gasteiger partial charge in [0.1, 0.15) is 0 Å². The normalized spacial score (nSPS) is 23.9. The number of carbonyl (C=O) groups is 1. The zero-order chi connectivity index (χ0) is 13.7. The molecule has 0 aromatic carbocycles. The molecule has 1 amide bonds. The summed E-state index contributed by atoms with van der Waals surface area (Å²) in [5, 5.41) is 6.70. The van der Waals surface area contributed by atoms with Crippen molar-refractivity contribution in [2.24, 2.45) is 5.92 Å². The summed E-state index contributed by atoms with van der Waals surface area (Å²) in [6.45, 7) is 2.18. The highest BCUT2D eigenvalue weighted by atomic mass is 16.1. The van der Waals surface area contributed by atoms with Crippen LogP contribution in [0.4, 0.5) is 0 Å². The second kappa shape index (κ2) is 6.74. The van der Waals surface area contributed by atoms with Crippen molar-refractivity contribution in [1.29, 1.82) is 0 Å². The van der Waals surface area contributed by atoms with Crippen molar-refractivity contribution in [1.82, 2.24) is 10.6 Å². The van der Waals surface area contributed by atoms with Crippen LogP contribution in [0.25, 0.3) is 0 Å². The third-order valence-corrected chi connectivity index (χ3v) is 5.01. The Balaban J connectivity index is 1.80. The van der Waals surface area contributed by atoms with E-state index in [0.717, 1.165) is 25.2 Å². The van der Waals surface area contributed by atoms with E-state index >= 15 is 0 Å². The lowest BCUT2D eigenvalue weighted by Crippen LogP contribution is -2.49. The minimum atomic E-state index is 0.0696. The lowest BCUT2D eigenvalue weighted by Gasteiger charge is -2.37. The molecule has 0 bridgehead atoms. The van der Waals surface area contributed by atoms with Gasteiger partial charge in [-0.25, -0.2) is 0 Å². The summed E-state index contributed by atoms with van der Waals surface area (Å²) in [6, 6.07) is 0.400. The Morgan fingerprint density at radius 1 is 1.26 bits per heavy atom. The van der Waals surface area contributed by atoms with Gasteiger partial charge >= 0.3 is 0 Å². The van der Waals surface area contributed by atoms with E-state index in [1.807, 2.05) is 7.05 Å². The van der Waals surface area contributed by atoms with Crippen molar-refractivity contribution in [3.63, 3.8) is 0 Å². The Labute approximate surface area is 117 Å². The van der Waals surface area contributed by atoms with Gasteiger partial charge in [-0.3, -0.25) is 4.79 Å². The van der Waals surface area contributed by atoms with Gasteiger partial charge in [0.25, 0.3) is 0 Å². The highest BCUT2D eigenvalue weighted by Gasteiger charge is 2.33. The average Bonchev–Trinajstić information content (AvgIpc) is 3.23. The minimum absolute atomic E-state index is 0.0696. The number of nitrogens with one attached hydrogen (secondary N) is 2. The molecule has 2 N–H and O–H groups in total. The van der Waals surface area contributed by atoms with E-state index in [0.29, 0.717) is 12.5 Å².